The zero-order valence-corrected chi connectivity index (χ0v) is 12.2. The van der Waals surface area contributed by atoms with Gasteiger partial charge in [-0.3, -0.25) is 4.79 Å². The molecular formula is C12H16ClF3N4O. The minimum absolute atomic E-state index is 0.107. The van der Waals surface area contributed by atoms with Gasteiger partial charge in [-0.1, -0.05) is 11.6 Å². The number of aromatic nitrogens is 2. The predicted octanol–water partition coefficient (Wildman–Crippen LogP) is 1.63. The van der Waals surface area contributed by atoms with Crippen molar-refractivity contribution in [3.05, 3.63) is 21.6 Å². The third kappa shape index (κ3) is 3.49. The van der Waals surface area contributed by atoms with Gasteiger partial charge in [0.05, 0.1) is 11.9 Å². The van der Waals surface area contributed by atoms with Crippen LogP contribution in [0, 0.1) is 5.92 Å². The molecule has 0 spiro atoms. The minimum atomic E-state index is -4.52. The van der Waals surface area contributed by atoms with Gasteiger partial charge in [0.25, 0.3) is 5.56 Å². The van der Waals surface area contributed by atoms with Gasteiger partial charge in [0.1, 0.15) is 11.6 Å². The predicted molar refractivity (Wildman–Crippen MR) is 73.5 cm³/mol. The second kappa shape index (κ2) is 5.84. The Kier molecular flexibility index (Phi) is 4.48. The van der Waals surface area contributed by atoms with Crippen molar-refractivity contribution in [3.8, 4) is 0 Å². The van der Waals surface area contributed by atoms with E-state index in [2.05, 4.69) is 5.10 Å². The lowest BCUT2D eigenvalue weighted by molar-refractivity contribution is -0.143. The van der Waals surface area contributed by atoms with Crippen molar-refractivity contribution in [2.24, 2.45) is 11.7 Å². The third-order valence-electron chi connectivity index (χ3n) is 3.60. The van der Waals surface area contributed by atoms with Gasteiger partial charge >= 0.3 is 6.18 Å². The average Bonchev–Trinajstić information content (AvgIpc) is 2.75. The van der Waals surface area contributed by atoms with Gasteiger partial charge in [-0.05, 0) is 25.8 Å². The zero-order chi connectivity index (χ0) is 15.8. The molecule has 0 aliphatic carbocycles. The fourth-order valence-electron chi connectivity index (χ4n) is 2.59. The molecule has 0 saturated carbocycles. The average molecular weight is 325 g/mol. The van der Waals surface area contributed by atoms with Crippen LogP contribution >= 0.6 is 11.6 Å². The maximum Gasteiger partial charge on any atom is 0.408 e. The van der Waals surface area contributed by atoms with Crippen LogP contribution in [-0.4, -0.2) is 35.1 Å². The van der Waals surface area contributed by atoms with Crippen LogP contribution in [0.5, 0.6) is 0 Å². The number of alkyl halides is 3. The maximum atomic E-state index is 12.3. The number of rotatable bonds is 3. The molecule has 0 bridgehead atoms. The lowest BCUT2D eigenvalue weighted by atomic mass is 10.1. The van der Waals surface area contributed by atoms with Gasteiger partial charge in [-0.25, -0.2) is 4.68 Å². The van der Waals surface area contributed by atoms with Crippen LogP contribution in [0.2, 0.25) is 5.02 Å². The van der Waals surface area contributed by atoms with Gasteiger partial charge in [0.2, 0.25) is 0 Å². The molecule has 2 unspecified atom stereocenters. The molecule has 1 aliphatic rings. The van der Waals surface area contributed by atoms with Crippen LogP contribution in [-0.2, 0) is 6.54 Å². The summed E-state index contributed by atoms with van der Waals surface area (Å²) in [4.78, 5) is 13.8. The first kappa shape index (κ1) is 16.1. The first-order valence-corrected chi connectivity index (χ1v) is 6.89. The lowest BCUT2D eigenvalue weighted by Crippen LogP contribution is -2.34. The Morgan fingerprint density at radius 1 is 1.52 bits per heavy atom. The summed E-state index contributed by atoms with van der Waals surface area (Å²) in [5.41, 5.74) is 5.06. The molecule has 1 aromatic rings. The van der Waals surface area contributed by atoms with Gasteiger partial charge in [0, 0.05) is 12.6 Å². The quantitative estimate of drug-likeness (QED) is 0.918. The summed E-state index contributed by atoms with van der Waals surface area (Å²) in [5, 5.41) is 3.34. The molecule has 0 amide bonds. The normalized spacial score (nSPS) is 22.9. The highest BCUT2D eigenvalue weighted by Gasteiger charge is 2.32. The highest BCUT2D eigenvalue weighted by Crippen LogP contribution is 2.31. The number of nitrogens with zero attached hydrogens (tertiary/aromatic N) is 3. The molecule has 1 saturated heterocycles. The lowest BCUT2D eigenvalue weighted by Gasteiger charge is -2.24. The Morgan fingerprint density at radius 2 is 2.19 bits per heavy atom. The Hall–Kier alpha value is -1.28. The maximum absolute atomic E-state index is 12.3. The SMILES string of the molecule is CC1CC(CN)CN1c1cnn(CC(F)(F)F)c(=O)c1Cl. The van der Waals surface area contributed by atoms with E-state index in [0.29, 0.717) is 23.5 Å². The van der Waals surface area contributed by atoms with Crippen molar-refractivity contribution in [1.29, 1.82) is 0 Å². The molecule has 0 radical (unpaired) electrons. The largest absolute Gasteiger partial charge is 0.408 e. The minimum Gasteiger partial charge on any atom is -0.366 e. The summed E-state index contributed by atoms with van der Waals surface area (Å²) in [6.45, 7) is 1.62. The first-order chi connectivity index (χ1) is 9.73. The Balaban J connectivity index is 2.31. The highest BCUT2D eigenvalue weighted by atomic mass is 35.5. The van der Waals surface area contributed by atoms with E-state index < -0.39 is 18.3 Å². The molecule has 1 aliphatic heterocycles. The smallest absolute Gasteiger partial charge is 0.366 e. The van der Waals surface area contributed by atoms with Crippen LogP contribution in [0.15, 0.2) is 11.0 Å². The molecule has 2 atom stereocenters. The Labute approximate surface area is 124 Å². The van der Waals surface area contributed by atoms with Crippen molar-refractivity contribution in [2.45, 2.75) is 32.1 Å². The molecule has 2 rings (SSSR count). The molecule has 5 nitrogen and oxygen atoms in total. The number of hydrogen-bond donors (Lipinski definition) is 1. The third-order valence-corrected chi connectivity index (χ3v) is 3.95. The van der Waals surface area contributed by atoms with Gasteiger partial charge in [-0.2, -0.15) is 18.3 Å². The van der Waals surface area contributed by atoms with Crippen molar-refractivity contribution in [1.82, 2.24) is 9.78 Å². The summed E-state index contributed by atoms with van der Waals surface area (Å²) in [7, 11) is 0. The summed E-state index contributed by atoms with van der Waals surface area (Å²) >= 11 is 5.95. The molecule has 2 heterocycles. The number of anilines is 1. The van der Waals surface area contributed by atoms with E-state index in [9.17, 15) is 18.0 Å². The zero-order valence-electron chi connectivity index (χ0n) is 11.4. The van der Waals surface area contributed by atoms with E-state index in [1.54, 1.807) is 0 Å². The van der Waals surface area contributed by atoms with E-state index in [4.69, 9.17) is 17.3 Å². The van der Waals surface area contributed by atoms with E-state index >= 15 is 0 Å². The molecule has 21 heavy (non-hydrogen) atoms. The number of halogens is 4. The molecular weight excluding hydrogens is 309 g/mol. The van der Waals surface area contributed by atoms with E-state index in [-0.39, 0.29) is 17.0 Å². The molecule has 1 aromatic heterocycles. The first-order valence-electron chi connectivity index (χ1n) is 6.52. The second-order valence-electron chi connectivity index (χ2n) is 5.26. The summed E-state index contributed by atoms with van der Waals surface area (Å²) in [5.74, 6) is 0.272. The van der Waals surface area contributed by atoms with Crippen LogP contribution in [0.1, 0.15) is 13.3 Å². The van der Waals surface area contributed by atoms with Crippen LogP contribution < -0.4 is 16.2 Å². The molecule has 1 fully saturated rings. The fraction of sp³-hybridized carbons (Fsp3) is 0.667. The molecule has 118 valence electrons. The van der Waals surface area contributed by atoms with Crippen LogP contribution in [0.25, 0.3) is 0 Å². The standard InChI is InChI=1S/C12H16ClF3N4O/c1-7-2-8(3-17)5-19(7)9-4-18-20(6-12(14,15)16)11(21)10(9)13/h4,7-8H,2-3,5-6,17H2,1H3. The summed E-state index contributed by atoms with van der Waals surface area (Å²) in [6.07, 6.45) is -2.46. The number of nitrogens with two attached hydrogens (primary N) is 1. The van der Waals surface area contributed by atoms with E-state index in [0.717, 1.165) is 6.42 Å². The van der Waals surface area contributed by atoms with Crippen molar-refractivity contribution in [2.75, 3.05) is 18.0 Å². The second-order valence-corrected chi connectivity index (χ2v) is 5.64. The van der Waals surface area contributed by atoms with E-state index in [1.807, 2.05) is 11.8 Å². The topological polar surface area (TPSA) is 64.2 Å². The van der Waals surface area contributed by atoms with Crippen molar-refractivity contribution >= 4 is 17.3 Å². The van der Waals surface area contributed by atoms with Crippen LogP contribution in [0.4, 0.5) is 18.9 Å². The van der Waals surface area contributed by atoms with Crippen molar-refractivity contribution < 1.29 is 13.2 Å². The van der Waals surface area contributed by atoms with Crippen molar-refractivity contribution in [3.63, 3.8) is 0 Å². The Bertz CT molecular complexity index is 575. The van der Waals surface area contributed by atoms with Gasteiger partial charge < -0.3 is 10.6 Å². The van der Waals surface area contributed by atoms with E-state index in [1.165, 1.54) is 6.20 Å². The summed E-state index contributed by atoms with van der Waals surface area (Å²) in [6, 6.07) is 0.107. The fourth-order valence-corrected chi connectivity index (χ4v) is 2.84. The number of hydrogen-bond acceptors (Lipinski definition) is 4. The van der Waals surface area contributed by atoms with Gasteiger partial charge in [0.15, 0.2) is 0 Å². The molecule has 9 heteroatoms. The van der Waals surface area contributed by atoms with Crippen LogP contribution in [0.3, 0.4) is 0 Å². The molecule has 2 N–H and O–H groups in total. The summed E-state index contributed by atoms with van der Waals surface area (Å²) < 4.78 is 37.4. The monoisotopic (exact) mass is 324 g/mol. The van der Waals surface area contributed by atoms with Gasteiger partial charge in [-0.15, -0.1) is 0 Å². The highest BCUT2D eigenvalue weighted by molar-refractivity contribution is 6.33. The molecule has 0 aromatic carbocycles. The Morgan fingerprint density at radius 3 is 2.71 bits per heavy atom.